The van der Waals surface area contributed by atoms with Crippen LogP contribution in [0.25, 0.3) is 0 Å². The molecule has 1 saturated carbocycles. The monoisotopic (exact) mass is 261 g/mol. The highest BCUT2D eigenvalue weighted by Crippen LogP contribution is 2.31. The maximum atomic E-state index is 11.7. The molecule has 1 aromatic carbocycles. The van der Waals surface area contributed by atoms with Crippen molar-refractivity contribution in [1.82, 2.24) is 5.32 Å². The topological polar surface area (TPSA) is 58.4 Å². The van der Waals surface area contributed by atoms with E-state index in [-0.39, 0.29) is 5.91 Å². The molecular weight excluding hydrogens is 238 g/mol. The highest BCUT2D eigenvalue weighted by molar-refractivity contribution is 5.88. The molecule has 1 fully saturated rings. The summed E-state index contributed by atoms with van der Waals surface area (Å²) in [6.07, 6.45) is 1.63. The minimum atomic E-state index is -0.569. The molecule has 1 aliphatic rings. The summed E-state index contributed by atoms with van der Waals surface area (Å²) in [6, 6.07) is 8.41. The van der Waals surface area contributed by atoms with Gasteiger partial charge in [-0.2, -0.15) is 0 Å². The predicted octanol–water partition coefficient (Wildman–Crippen LogP) is 1.43. The van der Waals surface area contributed by atoms with Crippen LogP contribution in [-0.4, -0.2) is 31.1 Å². The number of rotatable bonds is 6. The zero-order valence-corrected chi connectivity index (χ0v) is 11.8. The van der Waals surface area contributed by atoms with Gasteiger partial charge < -0.3 is 16.0 Å². The maximum Gasteiger partial charge on any atom is 0.240 e. The number of likely N-dealkylation sites (N-methyl/N-ethyl adjacent to an activating group) is 1. The molecule has 104 valence electrons. The summed E-state index contributed by atoms with van der Waals surface area (Å²) in [6.45, 7) is 6.58. The van der Waals surface area contributed by atoms with Crippen LogP contribution in [0, 0.1) is 6.92 Å². The largest absolute Gasteiger partial charge is 0.370 e. The average molecular weight is 261 g/mol. The van der Waals surface area contributed by atoms with Crippen LogP contribution >= 0.6 is 0 Å². The van der Waals surface area contributed by atoms with Gasteiger partial charge in [0.1, 0.15) is 0 Å². The molecule has 0 radical (unpaired) electrons. The van der Waals surface area contributed by atoms with Gasteiger partial charge in [0, 0.05) is 25.3 Å². The second kappa shape index (κ2) is 5.61. The Kier molecular flexibility index (Phi) is 4.10. The van der Waals surface area contributed by atoms with Gasteiger partial charge in [0.25, 0.3) is 0 Å². The van der Waals surface area contributed by atoms with Crippen molar-refractivity contribution in [1.29, 1.82) is 0 Å². The summed E-state index contributed by atoms with van der Waals surface area (Å²) in [4.78, 5) is 14.0. The molecule has 3 N–H and O–H groups in total. The van der Waals surface area contributed by atoms with E-state index in [1.807, 2.05) is 0 Å². The third-order valence-corrected chi connectivity index (χ3v) is 3.66. The first-order chi connectivity index (χ1) is 9.05. The molecule has 1 aliphatic carbocycles. The van der Waals surface area contributed by atoms with E-state index < -0.39 is 5.54 Å². The summed E-state index contributed by atoms with van der Waals surface area (Å²) in [7, 11) is 0. The van der Waals surface area contributed by atoms with E-state index in [9.17, 15) is 4.79 Å². The maximum absolute atomic E-state index is 11.7. The molecule has 4 nitrogen and oxygen atoms in total. The number of nitrogens with zero attached hydrogens (tertiary/aromatic N) is 1. The summed E-state index contributed by atoms with van der Waals surface area (Å²) >= 11 is 0. The first kappa shape index (κ1) is 13.9. The molecule has 0 saturated heterocycles. The van der Waals surface area contributed by atoms with Crippen molar-refractivity contribution in [3.63, 3.8) is 0 Å². The van der Waals surface area contributed by atoms with Crippen molar-refractivity contribution in [2.24, 2.45) is 5.73 Å². The molecule has 19 heavy (non-hydrogen) atoms. The number of nitrogens with one attached hydrogen (secondary N) is 1. The lowest BCUT2D eigenvalue weighted by atomic mass is 10.2. The average Bonchev–Trinajstić information content (AvgIpc) is 3.14. The third-order valence-electron chi connectivity index (χ3n) is 3.66. The highest BCUT2D eigenvalue weighted by atomic mass is 16.2. The molecule has 1 aromatic rings. The summed E-state index contributed by atoms with van der Waals surface area (Å²) in [5, 5.41) is 2.93. The van der Waals surface area contributed by atoms with Gasteiger partial charge in [-0.15, -0.1) is 0 Å². The summed E-state index contributed by atoms with van der Waals surface area (Å²) in [5.41, 5.74) is 7.72. The van der Waals surface area contributed by atoms with Crippen molar-refractivity contribution in [3.8, 4) is 0 Å². The molecule has 0 aliphatic heterocycles. The standard InChI is InChI=1S/C15H23N3O/c1-3-18(13-6-4-5-12(2)11-13)10-9-17-14(19)15(16)7-8-15/h4-6,11H,3,7-10,16H2,1-2H3,(H,17,19). The molecule has 0 bridgehead atoms. The molecule has 0 aromatic heterocycles. The Balaban J connectivity index is 1.84. The lowest BCUT2D eigenvalue weighted by Crippen LogP contribution is -2.45. The SMILES string of the molecule is CCN(CCNC(=O)C1(N)CC1)c1cccc(C)c1. The third kappa shape index (κ3) is 3.47. The number of nitrogens with two attached hydrogens (primary N) is 1. The lowest BCUT2D eigenvalue weighted by molar-refractivity contribution is -0.123. The molecule has 2 rings (SSSR count). The van der Waals surface area contributed by atoms with E-state index in [1.165, 1.54) is 11.3 Å². The highest BCUT2D eigenvalue weighted by Gasteiger charge is 2.45. The number of carbonyl (C=O) groups is 1. The van der Waals surface area contributed by atoms with Gasteiger partial charge in [0.05, 0.1) is 5.54 Å². The van der Waals surface area contributed by atoms with E-state index in [2.05, 4.69) is 48.3 Å². The number of benzene rings is 1. The van der Waals surface area contributed by atoms with E-state index in [4.69, 9.17) is 5.73 Å². The molecule has 4 heteroatoms. The minimum Gasteiger partial charge on any atom is -0.370 e. The number of hydrogen-bond acceptors (Lipinski definition) is 3. The van der Waals surface area contributed by atoms with Crippen LogP contribution < -0.4 is 16.0 Å². The van der Waals surface area contributed by atoms with Gasteiger partial charge in [-0.3, -0.25) is 4.79 Å². The molecule has 0 spiro atoms. The van der Waals surface area contributed by atoms with Gasteiger partial charge in [-0.25, -0.2) is 0 Å². The Labute approximate surface area is 115 Å². The number of carbonyl (C=O) groups excluding carboxylic acids is 1. The molecule has 0 heterocycles. The number of anilines is 1. The van der Waals surface area contributed by atoms with Crippen molar-refractivity contribution in [2.45, 2.75) is 32.2 Å². The van der Waals surface area contributed by atoms with Crippen LogP contribution in [0.15, 0.2) is 24.3 Å². The Morgan fingerprint density at radius 2 is 2.21 bits per heavy atom. The van der Waals surface area contributed by atoms with Crippen LogP contribution in [-0.2, 0) is 4.79 Å². The smallest absolute Gasteiger partial charge is 0.240 e. The van der Waals surface area contributed by atoms with E-state index >= 15 is 0 Å². The van der Waals surface area contributed by atoms with Crippen LogP contribution in [0.5, 0.6) is 0 Å². The van der Waals surface area contributed by atoms with Crippen molar-refractivity contribution in [2.75, 3.05) is 24.5 Å². The molecule has 0 unspecified atom stereocenters. The quantitative estimate of drug-likeness (QED) is 0.814. The number of hydrogen-bond donors (Lipinski definition) is 2. The normalized spacial score (nSPS) is 15.9. The van der Waals surface area contributed by atoms with Crippen LogP contribution in [0.4, 0.5) is 5.69 Å². The molecule has 1 amide bonds. The van der Waals surface area contributed by atoms with E-state index in [0.29, 0.717) is 6.54 Å². The summed E-state index contributed by atoms with van der Waals surface area (Å²) in [5.74, 6) is -0.00667. The fourth-order valence-electron chi connectivity index (χ4n) is 2.14. The second-order valence-electron chi connectivity index (χ2n) is 5.33. The fraction of sp³-hybridized carbons (Fsp3) is 0.533. The zero-order chi connectivity index (χ0) is 13.9. The van der Waals surface area contributed by atoms with Gasteiger partial charge in [-0.1, -0.05) is 12.1 Å². The Bertz CT molecular complexity index is 454. The van der Waals surface area contributed by atoms with Gasteiger partial charge in [-0.05, 0) is 44.4 Å². The first-order valence-corrected chi connectivity index (χ1v) is 6.94. The van der Waals surface area contributed by atoms with Gasteiger partial charge in [0.15, 0.2) is 0 Å². The lowest BCUT2D eigenvalue weighted by Gasteiger charge is -2.24. The van der Waals surface area contributed by atoms with Crippen molar-refractivity contribution < 1.29 is 4.79 Å². The van der Waals surface area contributed by atoms with E-state index in [0.717, 1.165) is 25.9 Å². The predicted molar refractivity (Wildman–Crippen MR) is 78.2 cm³/mol. The van der Waals surface area contributed by atoms with Crippen molar-refractivity contribution in [3.05, 3.63) is 29.8 Å². The number of amides is 1. The van der Waals surface area contributed by atoms with Gasteiger partial charge >= 0.3 is 0 Å². The molecule has 0 atom stereocenters. The second-order valence-corrected chi connectivity index (χ2v) is 5.33. The minimum absolute atomic E-state index is 0.00667. The van der Waals surface area contributed by atoms with Crippen LogP contribution in [0.1, 0.15) is 25.3 Å². The van der Waals surface area contributed by atoms with E-state index in [1.54, 1.807) is 0 Å². The fourth-order valence-corrected chi connectivity index (χ4v) is 2.14. The first-order valence-electron chi connectivity index (χ1n) is 6.94. The Morgan fingerprint density at radius 3 is 2.79 bits per heavy atom. The van der Waals surface area contributed by atoms with Gasteiger partial charge in [0.2, 0.25) is 5.91 Å². The Morgan fingerprint density at radius 1 is 1.47 bits per heavy atom. The number of aryl methyl sites for hydroxylation is 1. The van der Waals surface area contributed by atoms with Crippen molar-refractivity contribution >= 4 is 11.6 Å². The van der Waals surface area contributed by atoms with Crippen LogP contribution in [0.3, 0.4) is 0 Å². The summed E-state index contributed by atoms with van der Waals surface area (Å²) < 4.78 is 0. The Hall–Kier alpha value is -1.55. The zero-order valence-electron chi connectivity index (χ0n) is 11.8. The van der Waals surface area contributed by atoms with Crippen LogP contribution in [0.2, 0.25) is 0 Å². The molecular formula is C15H23N3O.